The Labute approximate surface area is 104 Å². The van der Waals surface area contributed by atoms with Crippen molar-refractivity contribution >= 4 is 11.9 Å². The molecule has 0 atom stereocenters. The first kappa shape index (κ1) is 20.0. The molecule has 0 aromatic carbocycles. The van der Waals surface area contributed by atoms with Gasteiger partial charge < -0.3 is 10.2 Å². The van der Waals surface area contributed by atoms with Gasteiger partial charge in [-0.2, -0.15) is 0 Å². The van der Waals surface area contributed by atoms with Crippen LogP contribution in [-0.2, 0) is 29.1 Å². The summed E-state index contributed by atoms with van der Waals surface area (Å²) in [5.74, 6) is -1.39. The molecule has 4 nitrogen and oxygen atoms in total. The summed E-state index contributed by atoms with van der Waals surface area (Å²) in [5.41, 5.74) is 0. The Balaban J connectivity index is -0.000000180. The van der Waals surface area contributed by atoms with E-state index in [9.17, 15) is 9.59 Å². The van der Waals surface area contributed by atoms with E-state index in [1.165, 1.54) is 0 Å². The number of carboxylic acid groups (broad SMARTS) is 2. The number of carbonyl (C=O) groups is 2. The fourth-order valence-corrected chi connectivity index (χ4v) is 0.656. The quantitative estimate of drug-likeness (QED) is 0.739. The first-order chi connectivity index (χ1) is 6.54. The van der Waals surface area contributed by atoms with Gasteiger partial charge in [-0.1, -0.05) is 26.7 Å². The van der Waals surface area contributed by atoms with Crippen molar-refractivity contribution in [2.75, 3.05) is 0 Å². The Bertz CT molecular complexity index is 142. The van der Waals surface area contributed by atoms with Crippen molar-refractivity contribution in [3.8, 4) is 0 Å². The van der Waals surface area contributed by atoms with Crippen LogP contribution >= 0.6 is 0 Å². The molecule has 0 aliphatic heterocycles. The second-order valence-electron chi connectivity index (χ2n) is 2.99. The molecule has 0 aromatic heterocycles. The molecule has 0 unspecified atom stereocenters. The molecule has 15 heavy (non-hydrogen) atoms. The third kappa shape index (κ3) is 31.7. The standard InChI is InChI=1S/2C5H10O2.Rh/c2*1-2-3-4-5(6)7;/h2*2-4H2,1H3,(H,6,7);. The molecule has 0 saturated carbocycles. The normalized spacial score (nSPS) is 8.13. The van der Waals surface area contributed by atoms with E-state index in [4.69, 9.17) is 10.2 Å². The van der Waals surface area contributed by atoms with Gasteiger partial charge >= 0.3 is 11.9 Å². The molecule has 0 aliphatic rings. The van der Waals surface area contributed by atoms with Crippen molar-refractivity contribution in [2.24, 2.45) is 0 Å². The van der Waals surface area contributed by atoms with Crippen LogP contribution in [0.1, 0.15) is 52.4 Å². The molecule has 0 amide bonds. The van der Waals surface area contributed by atoms with Crippen molar-refractivity contribution in [3.63, 3.8) is 0 Å². The zero-order chi connectivity index (χ0) is 11.4. The summed E-state index contributed by atoms with van der Waals surface area (Å²) in [4.78, 5) is 19.5. The van der Waals surface area contributed by atoms with Crippen LogP contribution in [0.4, 0.5) is 0 Å². The largest absolute Gasteiger partial charge is 0.481 e. The third-order valence-electron chi connectivity index (χ3n) is 1.49. The van der Waals surface area contributed by atoms with E-state index in [2.05, 4.69) is 0 Å². The van der Waals surface area contributed by atoms with Crippen LogP contribution in [0.2, 0.25) is 0 Å². The topological polar surface area (TPSA) is 74.6 Å². The first-order valence-electron chi connectivity index (χ1n) is 4.98. The Kier molecular flexibility index (Phi) is 21.4. The molecular weight excluding hydrogens is 287 g/mol. The molecule has 0 fully saturated rings. The number of aliphatic carboxylic acids is 2. The Morgan fingerprint density at radius 3 is 1.20 bits per heavy atom. The smallest absolute Gasteiger partial charge is 0.303 e. The Hall–Kier alpha value is -0.437. The molecular formula is C10H20O4Rh. The molecule has 0 aliphatic carbocycles. The fraction of sp³-hybridized carbons (Fsp3) is 0.800. The summed E-state index contributed by atoms with van der Waals surface area (Å²) in [6.45, 7) is 3.95. The average Bonchev–Trinajstić information content (AvgIpc) is 2.12. The zero-order valence-corrected chi connectivity index (χ0v) is 10.9. The summed E-state index contributed by atoms with van der Waals surface area (Å²) < 4.78 is 0. The van der Waals surface area contributed by atoms with E-state index >= 15 is 0 Å². The number of hydrogen-bond donors (Lipinski definition) is 2. The van der Waals surface area contributed by atoms with E-state index in [0.29, 0.717) is 12.8 Å². The van der Waals surface area contributed by atoms with E-state index in [1.54, 1.807) is 0 Å². The molecule has 0 spiro atoms. The minimum atomic E-state index is -0.693. The summed E-state index contributed by atoms with van der Waals surface area (Å²) in [7, 11) is 0. The second-order valence-corrected chi connectivity index (χ2v) is 2.99. The molecule has 5 heteroatoms. The van der Waals surface area contributed by atoms with Gasteiger partial charge in [0.15, 0.2) is 0 Å². The van der Waals surface area contributed by atoms with Gasteiger partial charge in [-0.25, -0.2) is 0 Å². The van der Waals surface area contributed by atoms with Crippen LogP contribution in [-0.4, -0.2) is 22.2 Å². The van der Waals surface area contributed by atoms with Crippen molar-refractivity contribution in [3.05, 3.63) is 0 Å². The van der Waals surface area contributed by atoms with Gasteiger partial charge in [0, 0.05) is 32.3 Å². The maximum Gasteiger partial charge on any atom is 0.303 e. The van der Waals surface area contributed by atoms with Gasteiger partial charge in [-0.3, -0.25) is 9.59 Å². The van der Waals surface area contributed by atoms with Gasteiger partial charge in [0.2, 0.25) is 0 Å². The molecule has 2 N–H and O–H groups in total. The van der Waals surface area contributed by atoms with Crippen molar-refractivity contribution in [1.29, 1.82) is 0 Å². The monoisotopic (exact) mass is 307 g/mol. The summed E-state index contributed by atoms with van der Waals surface area (Å²) in [5, 5.41) is 16.1. The molecule has 0 bridgehead atoms. The van der Waals surface area contributed by atoms with E-state index in [-0.39, 0.29) is 19.5 Å². The van der Waals surface area contributed by atoms with Crippen molar-refractivity contribution in [1.82, 2.24) is 0 Å². The van der Waals surface area contributed by atoms with E-state index in [1.807, 2.05) is 13.8 Å². The predicted molar refractivity (Wildman–Crippen MR) is 54.3 cm³/mol. The maximum atomic E-state index is 9.76. The number of unbranched alkanes of at least 4 members (excludes halogenated alkanes) is 2. The zero-order valence-electron chi connectivity index (χ0n) is 9.29. The fourth-order valence-electron chi connectivity index (χ4n) is 0.656. The Morgan fingerprint density at radius 1 is 0.867 bits per heavy atom. The number of rotatable bonds is 6. The summed E-state index contributed by atoms with van der Waals surface area (Å²) in [6, 6.07) is 0. The maximum absolute atomic E-state index is 9.76. The average molecular weight is 307 g/mol. The minimum Gasteiger partial charge on any atom is -0.481 e. The molecule has 0 saturated heterocycles. The van der Waals surface area contributed by atoms with Crippen LogP contribution < -0.4 is 0 Å². The third-order valence-corrected chi connectivity index (χ3v) is 1.49. The predicted octanol–water partition coefficient (Wildman–Crippen LogP) is 2.52. The second kappa shape index (κ2) is 16.0. The van der Waals surface area contributed by atoms with Crippen molar-refractivity contribution < 1.29 is 39.3 Å². The molecule has 0 heterocycles. The van der Waals surface area contributed by atoms with E-state index < -0.39 is 11.9 Å². The molecule has 0 aromatic rings. The summed E-state index contributed by atoms with van der Waals surface area (Å²) in [6.07, 6.45) is 4.16. The number of carboxylic acids is 2. The van der Waals surface area contributed by atoms with Crippen LogP contribution in [0.5, 0.6) is 0 Å². The van der Waals surface area contributed by atoms with Gasteiger partial charge in [0.25, 0.3) is 0 Å². The van der Waals surface area contributed by atoms with Crippen LogP contribution in [0.3, 0.4) is 0 Å². The summed E-state index contributed by atoms with van der Waals surface area (Å²) >= 11 is 0. The van der Waals surface area contributed by atoms with Crippen molar-refractivity contribution in [2.45, 2.75) is 52.4 Å². The van der Waals surface area contributed by atoms with Gasteiger partial charge in [0.1, 0.15) is 0 Å². The van der Waals surface area contributed by atoms with Gasteiger partial charge in [-0.05, 0) is 12.8 Å². The number of hydrogen-bond acceptors (Lipinski definition) is 2. The van der Waals surface area contributed by atoms with Crippen LogP contribution in [0, 0.1) is 0 Å². The Morgan fingerprint density at radius 2 is 1.13 bits per heavy atom. The molecule has 1 radical (unpaired) electrons. The molecule has 93 valence electrons. The van der Waals surface area contributed by atoms with Gasteiger partial charge in [-0.15, -0.1) is 0 Å². The SMILES string of the molecule is CCCCC(=O)O.CCCCC(=O)O.[Rh]. The van der Waals surface area contributed by atoms with Crippen LogP contribution in [0.25, 0.3) is 0 Å². The van der Waals surface area contributed by atoms with Gasteiger partial charge in [0.05, 0.1) is 0 Å². The van der Waals surface area contributed by atoms with Crippen LogP contribution in [0.15, 0.2) is 0 Å². The minimum absolute atomic E-state index is 0. The van der Waals surface area contributed by atoms with E-state index in [0.717, 1.165) is 25.7 Å². The first-order valence-corrected chi connectivity index (χ1v) is 4.98. The molecule has 0 rings (SSSR count).